The van der Waals surface area contributed by atoms with Crippen LogP contribution in [0.15, 0.2) is 47.5 Å². The van der Waals surface area contributed by atoms with Crippen LogP contribution in [0, 0.1) is 23.5 Å². The van der Waals surface area contributed by atoms with Crippen molar-refractivity contribution in [1.82, 2.24) is 29.9 Å². The van der Waals surface area contributed by atoms with Crippen LogP contribution in [0.1, 0.15) is 53.8 Å². The number of carbonyl (C=O) groups is 2. The summed E-state index contributed by atoms with van der Waals surface area (Å²) in [6.45, 7) is -1.96. The first-order chi connectivity index (χ1) is 33.5. The van der Waals surface area contributed by atoms with Crippen LogP contribution in [0.5, 0.6) is 0 Å². The Morgan fingerprint density at radius 3 is 2.21 bits per heavy atom. The minimum Gasteiger partial charge on any atom is -0.446 e. The molecule has 5 N–H and O–H groups in total. The van der Waals surface area contributed by atoms with E-state index in [1.807, 2.05) is 0 Å². The molecule has 0 fully saturated rings. The molecule has 2 aromatic carbocycles. The van der Waals surface area contributed by atoms with E-state index in [2.05, 4.69) is 37.3 Å². The smallest absolute Gasteiger partial charge is 0.435 e. The van der Waals surface area contributed by atoms with Gasteiger partial charge in [-0.3, -0.25) is 19.2 Å². The lowest BCUT2D eigenvalue weighted by Crippen LogP contribution is -2.37. The third-order valence-electron chi connectivity index (χ3n) is 10.8. The molecule has 0 spiro atoms. The predicted molar refractivity (Wildman–Crippen MR) is 253 cm³/mol. The van der Waals surface area contributed by atoms with Crippen molar-refractivity contribution in [2.24, 2.45) is 16.5 Å². The second-order valence-corrected chi connectivity index (χ2v) is 23.1. The summed E-state index contributed by atoms with van der Waals surface area (Å²) in [7, 11) is -8.80. The monoisotopic (exact) mass is 1210 g/mol. The standard InChI is InChI=1S/C42H38ClF10IN10O7S2/c1-39(2,72(3,67)68)10-9-23-5-6-24(25-7-8-27(43)31-33(25)63(19-40(46,47)48)61-36(31)64(73(4,69)70)38(66)71-12-11-57-37(55)56)32(58-23)28(15-20-13-21(44)16-22(45)14-20)59-30(65)18-62-35-26(17-29(54)41(35,49)50)34(60-62)42(51,52)53/h5-8,13-14,16,28-29H,11-12,15,17-19H2,1-4H3,(H,59,65)(H4,55,56,57)/t28-,29+/m0/s1. The number of aliphatic imine (C=N–C) groups is 1. The van der Waals surface area contributed by atoms with E-state index in [0.29, 0.717) is 12.3 Å². The lowest BCUT2D eigenvalue weighted by Gasteiger charge is -2.23. The van der Waals surface area contributed by atoms with Gasteiger partial charge in [0.1, 0.15) is 47.5 Å². The van der Waals surface area contributed by atoms with Crippen LogP contribution in [0.25, 0.3) is 22.0 Å². The molecule has 31 heteroatoms. The summed E-state index contributed by atoms with van der Waals surface area (Å²) in [5, 5.41) is 8.43. The van der Waals surface area contributed by atoms with E-state index in [9.17, 15) is 61.5 Å². The van der Waals surface area contributed by atoms with Crippen molar-refractivity contribution in [1.29, 1.82) is 0 Å². The number of nitrogens with two attached hydrogens (primary N) is 2. The van der Waals surface area contributed by atoms with Gasteiger partial charge in [0.05, 0.1) is 44.4 Å². The molecule has 0 radical (unpaired) electrons. The first-order valence-corrected chi connectivity index (χ1v) is 26.0. The molecule has 17 nitrogen and oxygen atoms in total. The Labute approximate surface area is 426 Å². The second kappa shape index (κ2) is 20.4. The van der Waals surface area contributed by atoms with Crippen LogP contribution >= 0.6 is 34.2 Å². The predicted octanol–water partition coefficient (Wildman–Crippen LogP) is 6.71. The van der Waals surface area contributed by atoms with Crippen LogP contribution in [0.3, 0.4) is 0 Å². The van der Waals surface area contributed by atoms with E-state index in [-0.39, 0.29) is 30.5 Å². The molecular weight excluding hydrogens is 1170 g/mol. The fraction of sp³-hybridized carbons (Fsp3) is 0.381. The Kier molecular flexibility index (Phi) is 15.8. The van der Waals surface area contributed by atoms with Crippen molar-refractivity contribution >= 4 is 88.7 Å². The quantitative estimate of drug-likeness (QED) is 0.0200. The van der Waals surface area contributed by atoms with E-state index in [4.69, 9.17) is 27.8 Å². The molecule has 0 unspecified atom stereocenters. The molecule has 73 heavy (non-hydrogen) atoms. The number of sulfone groups is 1. The number of aromatic nitrogens is 5. The van der Waals surface area contributed by atoms with E-state index < -0.39 is 171 Å². The van der Waals surface area contributed by atoms with E-state index >= 15 is 8.78 Å². The van der Waals surface area contributed by atoms with Crippen LogP contribution in [0.2, 0.25) is 5.02 Å². The molecule has 2 amide bonds. The Bertz CT molecular complexity index is 3330. The lowest BCUT2D eigenvalue weighted by atomic mass is 9.93. The summed E-state index contributed by atoms with van der Waals surface area (Å²) in [6.07, 6.45) is -12.3. The highest BCUT2D eigenvalue weighted by Crippen LogP contribution is 2.50. The van der Waals surface area contributed by atoms with Gasteiger partial charge in [-0.25, -0.2) is 35.4 Å². The summed E-state index contributed by atoms with van der Waals surface area (Å²) in [4.78, 5) is 35.7. The molecule has 0 saturated carbocycles. The number of alkyl halides is 9. The highest BCUT2D eigenvalue weighted by atomic mass is 127. The number of nitrogens with zero attached hydrogens (tertiary/aromatic N) is 7. The van der Waals surface area contributed by atoms with Crippen molar-refractivity contribution in [2.75, 3.05) is 30.0 Å². The Hall–Kier alpha value is -5.94. The number of sulfonamides is 1. The molecule has 0 saturated heterocycles. The number of fused-ring (bicyclic) bond motifs is 2. The minimum atomic E-state index is -5.26. The fourth-order valence-electron chi connectivity index (χ4n) is 7.42. The number of hydrogen-bond acceptors (Lipinski definition) is 11. The number of pyridine rings is 1. The average molecular weight is 1210 g/mol. The minimum absolute atomic E-state index is 0.101. The van der Waals surface area contributed by atoms with Gasteiger partial charge >= 0.3 is 24.4 Å². The van der Waals surface area contributed by atoms with Gasteiger partial charge in [0.15, 0.2) is 27.3 Å². The summed E-state index contributed by atoms with van der Waals surface area (Å²) < 4.78 is 200. The third kappa shape index (κ3) is 12.5. The van der Waals surface area contributed by atoms with E-state index in [1.54, 1.807) is 0 Å². The number of halogens is 12. The zero-order valence-corrected chi connectivity index (χ0v) is 42.5. The highest BCUT2D eigenvalue weighted by Gasteiger charge is 2.55. The van der Waals surface area contributed by atoms with Crippen molar-refractivity contribution in [3.63, 3.8) is 0 Å². The summed E-state index contributed by atoms with van der Waals surface area (Å²) in [5.74, 6) is -4.04. The van der Waals surface area contributed by atoms with Crippen molar-refractivity contribution < 1.29 is 75.1 Å². The molecular formula is C42H38ClF10IN10O7S2. The molecule has 2 atom stereocenters. The zero-order valence-electron chi connectivity index (χ0n) is 37.9. The van der Waals surface area contributed by atoms with Crippen LogP contribution in [-0.4, -0.2) is 99.9 Å². The molecule has 3 aromatic heterocycles. The van der Waals surface area contributed by atoms with Crippen LogP contribution < -0.4 is 21.1 Å². The number of hydrogen-bond donors (Lipinski definition) is 3. The van der Waals surface area contributed by atoms with Gasteiger partial charge in [-0.15, -0.1) is 0 Å². The van der Waals surface area contributed by atoms with Gasteiger partial charge in [0.2, 0.25) is 15.9 Å². The van der Waals surface area contributed by atoms with E-state index in [0.717, 1.165) is 42.7 Å². The second-order valence-electron chi connectivity index (χ2n) is 16.8. The topological polar surface area (TPSA) is 240 Å². The van der Waals surface area contributed by atoms with Gasteiger partial charge in [0, 0.05) is 29.0 Å². The molecule has 6 rings (SSSR count). The fourth-order valence-corrected chi connectivity index (χ4v) is 9.39. The molecule has 3 heterocycles. The Balaban J connectivity index is 1.64. The SMILES string of the molecule is CC(C)(C#Cc1ccc(-c2ccc(Cl)c3c(N(C(=O)OCCN=C(N)N)S(C)(=O)=O)nn(CC(F)(F)F)c23)c([C@H](Cc2cc(F)cc(F)c2)NC(=O)Cn2nc(C(F)(F)F)c3c2C(F)(F)[C@H](I)C3)n1)S(C)(=O)=O. The first-order valence-electron chi connectivity index (χ1n) is 20.7. The lowest BCUT2D eigenvalue weighted by molar-refractivity contribution is -0.142. The van der Waals surface area contributed by atoms with Gasteiger partial charge in [-0.2, -0.15) is 49.6 Å². The Morgan fingerprint density at radius 1 is 1.00 bits per heavy atom. The number of amides is 2. The summed E-state index contributed by atoms with van der Waals surface area (Å²) in [6, 6.07) is 4.59. The first kappa shape index (κ1) is 56.4. The van der Waals surface area contributed by atoms with Crippen molar-refractivity contribution in [3.8, 4) is 23.0 Å². The highest BCUT2D eigenvalue weighted by molar-refractivity contribution is 14.1. The normalized spacial score (nSPS) is 15.3. The number of carbonyl (C=O) groups excluding carboxylic acids is 2. The number of nitrogens with one attached hydrogen (secondary N) is 1. The van der Waals surface area contributed by atoms with Gasteiger partial charge < -0.3 is 21.5 Å². The molecule has 5 aromatic rings. The number of anilines is 1. The largest absolute Gasteiger partial charge is 0.446 e. The number of benzene rings is 2. The van der Waals surface area contributed by atoms with Gasteiger partial charge in [-0.05, 0) is 68.5 Å². The van der Waals surface area contributed by atoms with Crippen LogP contribution in [0.4, 0.5) is 54.5 Å². The molecule has 1 aliphatic rings. The number of ether oxygens (including phenoxy) is 1. The maximum absolute atomic E-state index is 15.5. The average Bonchev–Trinajstić information content (AvgIpc) is 3.85. The molecule has 0 aliphatic heterocycles. The van der Waals surface area contributed by atoms with Gasteiger partial charge in [-0.1, -0.05) is 46.2 Å². The maximum Gasteiger partial charge on any atom is 0.435 e. The van der Waals surface area contributed by atoms with Crippen LogP contribution in [-0.2, 0) is 67.4 Å². The molecule has 0 bridgehead atoms. The summed E-state index contributed by atoms with van der Waals surface area (Å²) in [5.41, 5.74) is 4.26. The van der Waals surface area contributed by atoms with Crippen molar-refractivity contribution in [3.05, 3.63) is 93.0 Å². The number of guanidine groups is 1. The van der Waals surface area contributed by atoms with Gasteiger partial charge in [0.25, 0.3) is 0 Å². The van der Waals surface area contributed by atoms with Crippen molar-refractivity contribution in [2.45, 2.75) is 72.8 Å². The summed E-state index contributed by atoms with van der Waals surface area (Å²) >= 11 is 7.86. The Morgan fingerprint density at radius 2 is 1.63 bits per heavy atom. The third-order valence-corrected chi connectivity index (χ3v) is 15.3. The maximum atomic E-state index is 15.5. The number of rotatable bonds is 14. The molecule has 394 valence electrons. The zero-order chi connectivity index (χ0) is 54.6. The molecule has 1 aliphatic carbocycles. The van der Waals surface area contributed by atoms with E-state index in [1.165, 1.54) is 36.4 Å².